The van der Waals surface area contributed by atoms with Crippen molar-refractivity contribution >= 4 is 29.1 Å². The van der Waals surface area contributed by atoms with Gasteiger partial charge in [0, 0.05) is 10.7 Å². The lowest BCUT2D eigenvalue weighted by molar-refractivity contribution is 0.632. The van der Waals surface area contributed by atoms with Crippen LogP contribution in [0.5, 0.6) is 0 Å². The van der Waals surface area contributed by atoms with Gasteiger partial charge in [-0.2, -0.15) is 0 Å². The van der Waals surface area contributed by atoms with Crippen LogP contribution in [0.25, 0.3) is 0 Å². The molecule has 0 nitrogen and oxygen atoms in total. The minimum absolute atomic E-state index is 2.49. The topological polar surface area (TPSA) is 0 Å². The molecule has 14 heavy (non-hydrogen) atoms. The van der Waals surface area contributed by atoms with Gasteiger partial charge in [-0.15, -0.1) is 0 Å². The van der Waals surface area contributed by atoms with E-state index in [0.717, 1.165) is 0 Å². The first kappa shape index (κ1) is 13.4. The lowest BCUT2D eigenvalue weighted by atomic mass is 9.50. The van der Waals surface area contributed by atoms with Gasteiger partial charge in [-0.05, 0) is 0 Å². The normalized spacial score (nSPS) is 9.43. The maximum Gasteiger partial charge on any atom is 0.564 e. The fourth-order valence-electron chi connectivity index (χ4n) is 0.694. The fourth-order valence-corrected chi connectivity index (χ4v) is 0.694. The zero-order chi connectivity index (χ0) is 11.5. The Morgan fingerprint density at radius 3 is 0.643 bits per heavy atom. The van der Waals surface area contributed by atoms with Gasteiger partial charge in [0.25, 0.3) is 0 Å². The van der Waals surface area contributed by atoms with Gasteiger partial charge in [0.15, 0.2) is 0 Å². The van der Waals surface area contributed by atoms with Crippen LogP contribution in [0.3, 0.4) is 0 Å². The Bertz CT molecular complexity index is 169. The number of rotatable bonds is 4. The average Bonchev–Trinajstić information content (AvgIpc) is 1.96. The molecule has 76 valence electrons. The van der Waals surface area contributed by atoms with Crippen molar-refractivity contribution in [3.63, 3.8) is 0 Å². The first-order valence-electron chi connectivity index (χ1n) is 3.15. The van der Waals surface area contributed by atoms with Gasteiger partial charge in [-0.3, -0.25) is 34.5 Å². The van der Waals surface area contributed by atoms with Crippen molar-refractivity contribution in [1.82, 2.24) is 0 Å². The molecule has 0 aliphatic rings. The first-order valence-corrected chi connectivity index (χ1v) is 3.15. The molecule has 12 heteroatoms. The maximum absolute atomic E-state index is 11.7. The maximum atomic E-state index is 11.7. The molecule has 0 rings (SSSR count). The van der Waals surface area contributed by atoms with Crippen molar-refractivity contribution < 1.29 is 34.5 Å². The van der Waals surface area contributed by atoms with E-state index in [1.54, 1.807) is 0 Å². The summed E-state index contributed by atoms with van der Waals surface area (Å²) in [5, 5.41) is -4.98. The van der Waals surface area contributed by atoms with Crippen molar-refractivity contribution in [2.24, 2.45) is 0 Å². The molecular formula is C2B4F8. The van der Waals surface area contributed by atoms with E-state index in [9.17, 15) is 34.5 Å². The van der Waals surface area contributed by atoms with Crippen molar-refractivity contribution in [3.8, 4) is 0 Å². The molecule has 0 N–H and O–H groups in total. The summed E-state index contributed by atoms with van der Waals surface area (Å²) in [6, 6.07) is 0. The molecule has 0 saturated heterocycles. The second kappa shape index (κ2) is 5.35. The number of hydrogen-bond donors (Lipinski definition) is 0. The zero-order valence-corrected chi connectivity index (χ0v) is 6.33. The predicted octanol–water partition coefficient (Wildman–Crippen LogP) is 2.15. The van der Waals surface area contributed by atoms with Crippen LogP contribution in [-0.4, -0.2) is 29.1 Å². The molecule has 0 aromatic carbocycles. The summed E-state index contributed by atoms with van der Waals surface area (Å²) >= 11 is 0. The standard InChI is InChI=1S/C2B4F8/c7-3(8)1(4(9)10)2(5(11)12)6(13)14. The molecule has 0 unspecified atom stereocenters. The van der Waals surface area contributed by atoms with Crippen LogP contribution in [0, 0.1) is 0 Å². The third-order valence-corrected chi connectivity index (χ3v) is 1.27. The Balaban J connectivity index is 5.27. The van der Waals surface area contributed by atoms with E-state index in [2.05, 4.69) is 0 Å². The summed E-state index contributed by atoms with van der Waals surface area (Å²) < 4.78 is 93.7. The van der Waals surface area contributed by atoms with Crippen molar-refractivity contribution in [2.45, 2.75) is 0 Å². The summed E-state index contributed by atoms with van der Waals surface area (Å²) in [4.78, 5) is 0. The molecule has 0 aromatic heterocycles. The van der Waals surface area contributed by atoms with Gasteiger partial charge in [-0.25, -0.2) is 0 Å². The second-order valence-electron chi connectivity index (χ2n) is 2.11. The van der Waals surface area contributed by atoms with E-state index < -0.39 is 39.8 Å². The molecule has 0 radical (unpaired) electrons. The molecule has 0 atom stereocenters. The number of halogens is 8. The zero-order valence-electron chi connectivity index (χ0n) is 6.33. The van der Waals surface area contributed by atoms with Crippen molar-refractivity contribution in [1.29, 1.82) is 0 Å². The Morgan fingerprint density at radius 1 is 0.429 bits per heavy atom. The molecule has 0 amide bonds. The molecular weight excluding hydrogens is 219 g/mol. The summed E-state index contributed by atoms with van der Waals surface area (Å²) in [6.07, 6.45) is 0. The Kier molecular flexibility index (Phi) is 5.14. The summed E-state index contributed by atoms with van der Waals surface area (Å²) in [5.41, 5.74) is 0. The monoisotopic (exact) mass is 220 g/mol. The van der Waals surface area contributed by atoms with Crippen LogP contribution in [0.1, 0.15) is 0 Å². The number of hydrogen-bond acceptors (Lipinski definition) is 0. The summed E-state index contributed by atoms with van der Waals surface area (Å²) in [7, 11) is -16.1. The van der Waals surface area contributed by atoms with Crippen molar-refractivity contribution in [2.75, 3.05) is 0 Å². The molecule has 0 bridgehead atoms. The molecule has 0 spiro atoms. The molecule has 0 heterocycles. The highest BCUT2D eigenvalue weighted by molar-refractivity contribution is 6.87. The minimum Gasteiger partial charge on any atom is -0.282 e. The lowest BCUT2D eigenvalue weighted by Gasteiger charge is -2.05. The highest BCUT2D eigenvalue weighted by Crippen LogP contribution is 2.22. The second-order valence-corrected chi connectivity index (χ2v) is 2.11. The van der Waals surface area contributed by atoms with Crippen LogP contribution in [0.2, 0.25) is 0 Å². The summed E-state index contributed by atoms with van der Waals surface area (Å²) in [6.45, 7) is 0. The Morgan fingerprint density at radius 2 is 0.571 bits per heavy atom. The third kappa shape index (κ3) is 3.30. The highest BCUT2D eigenvalue weighted by atomic mass is 19.3. The highest BCUT2D eigenvalue weighted by Gasteiger charge is 2.45. The average molecular weight is 219 g/mol. The predicted molar refractivity (Wildman–Crippen MR) is 38.9 cm³/mol. The van der Waals surface area contributed by atoms with Crippen LogP contribution in [-0.2, 0) is 0 Å². The van der Waals surface area contributed by atoms with E-state index in [4.69, 9.17) is 0 Å². The Hall–Kier alpha value is -0.560. The van der Waals surface area contributed by atoms with Crippen molar-refractivity contribution in [3.05, 3.63) is 10.7 Å². The molecule has 0 aliphatic heterocycles. The molecule has 0 aromatic rings. The lowest BCUT2D eigenvalue weighted by Crippen LogP contribution is -2.28. The quantitative estimate of drug-likeness (QED) is 0.502. The largest absolute Gasteiger partial charge is 0.564 e. The van der Waals surface area contributed by atoms with E-state index in [0.29, 0.717) is 0 Å². The van der Waals surface area contributed by atoms with Gasteiger partial charge in [0.2, 0.25) is 0 Å². The molecule has 0 saturated carbocycles. The smallest absolute Gasteiger partial charge is 0.282 e. The van der Waals surface area contributed by atoms with Crippen LogP contribution in [0.15, 0.2) is 10.7 Å². The van der Waals surface area contributed by atoms with Crippen LogP contribution in [0.4, 0.5) is 34.5 Å². The van der Waals surface area contributed by atoms with Gasteiger partial charge < -0.3 is 0 Å². The SMILES string of the molecule is FB(F)C(B(F)F)=C(B(F)F)B(F)F. The van der Waals surface area contributed by atoms with Crippen LogP contribution < -0.4 is 0 Å². The first-order chi connectivity index (χ1) is 6.29. The van der Waals surface area contributed by atoms with E-state index in [1.165, 1.54) is 0 Å². The van der Waals surface area contributed by atoms with E-state index in [1.807, 2.05) is 0 Å². The van der Waals surface area contributed by atoms with Gasteiger partial charge in [-0.1, -0.05) is 0 Å². The van der Waals surface area contributed by atoms with E-state index >= 15 is 0 Å². The van der Waals surface area contributed by atoms with E-state index in [-0.39, 0.29) is 0 Å². The van der Waals surface area contributed by atoms with Gasteiger partial charge in [0.1, 0.15) is 0 Å². The molecule has 0 aliphatic carbocycles. The van der Waals surface area contributed by atoms with Gasteiger partial charge >= 0.3 is 29.1 Å². The third-order valence-electron chi connectivity index (χ3n) is 1.27. The summed E-state index contributed by atoms with van der Waals surface area (Å²) in [5.74, 6) is 0. The molecule has 0 fully saturated rings. The minimum atomic E-state index is -4.02. The fraction of sp³-hybridized carbons (Fsp3) is 0. The van der Waals surface area contributed by atoms with Gasteiger partial charge in [0.05, 0.1) is 0 Å². The Labute approximate surface area is 75.4 Å². The van der Waals surface area contributed by atoms with Crippen LogP contribution >= 0.6 is 0 Å².